The number of hydrogen-bond donors (Lipinski definition) is 1. The molecule has 0 unspecified atom stereocenters. The second-order valence-corrected chi connectivity index (χ2v) is 11.5. The third kappa shape index (κ3) is 7.85. The third-order valence-corrected chi connectivity index (χ3v) is 7.79. The number of likely N-dealkylation sites (N-methyl/N-ethyl adjacent to an activating group) is 1. The van der Waals surface area contributed by atoms with Crippen LogP contribution in [-0.2, 0) is 32.6 Å². The lowest BCUT2D eigenvalue weighted by Crippen LogP contribution is -2.52. The molecule has 0 aliphatic carbocycles. The largest absolute Gasteiger partial charge is 0.357 e. The number of nitrogens with one attached hydrogen (secondary N) is 1. The number of benzene rings is 3. The number of nitrogens with zero attached hydrogens (tertiary/aromatic N) is 2. The molecule has 0 radical (unpaired) electrons. The van der Waals surface area contributed by atoms with Gasteiger partial charge in [0.2, 0.25) is 21.8 Å². The van der Waals surface area contributed by atoms with Crippen LogP contribution in [0.2, 0.25) is 15.1 Å². The fraction of sp³-hybridized carbons (Fsp3) is 0.231. The summed E-state index contributed by atoms with van der Waals surface area (Å²) in [6.45, 7) is -0.493. The van der Waals surface area contributed by atoms with Crippen LogP contribution in [0, 0.1) is 0 Å². The molecule has 0 aliphatic rings. The summed E-state index contributed by atoms with van der Waals surface area (Å²) in [5.41, 5.74) is 1.74. The molecule has 1 N–H and O–H groups in total. The minimum Gasteiger partial charge on any atom is -0.357 e. The molecule has 3 rings (SSSR count). The Morgan fingerprint density at radius 2 is 1.54 bits per heavy atom. The molecule has 37 heavy (non-hydrogen) atoms. The van der Waals surface area contributed by atoms with Crippen molar-refractivity contribution < 1.29 is 18.0 Å². The predicted octanol–water partition coefficient (Wildman–Crippen LogP) is 4.80. The number of carbonyl (C=O) groups excluding carboxylic acids is 2. The second-order valence-electron chi connectivity index (χ2n) is 8.34. The Kier molecular flexibility index (Phi) is 9.84. The average Bonchev–Trinajstić information content (AvgIpc) is 2.87. The highest BCUT2D eigenvalue weighted by Gasteiger charge is 2.32. The van der Waals surface area contributed by atoms with Crippen molar-refractivity contribution in [3.63, 3.8) is 0 Å². The van der Waals surface area contributed by atoms with E-state index < -0.39 is 28.5 Å². The van der Waals surface area contributed by atoms with Gasteiger partial charge in [-0.1, -0.05) is 77.3 Å². The summed E-state index contributed by atoms with van der Waals surface area (Å²) in [5, 5.41) is 3.54. The van der Waals surface area contributed by atoms with Gasteiger partial charge < -0.3 is 10.2 Å². The van der Waals surface area contributed by atoms with Crippen LogP contribution in [-0.4, -0.2) is 51.0 Å². The van der Waals surface area contributed by atoms with E-state index in [0.29, 0.717) is 5.02 Å². The smallest absolute Gasteiger partial charge is 0.244 e. The lowest BCUT2D eigenvalue weighted by molar-refractivity contribution is -0.139. The molecule has 0 fully saturated rings. The van der Waals surface area contributed by atoms with Crippen LogP contribution in [0.15, 0.2) is 72.8 Å². The van der Waals surface area contributed by atoms with Gasteiger partial charge in [0.05, 0.1) is 22.0 Å². The van der Waals surface area contributed by atoms with E-state index in [1.807, 2.05) is 30.3 Å². The minimum absolute atomic E-state index is 0.0555. The number of halogens is 3. The molecule has 11 heteroatoms. The lowest BCUT2D eigenvalue weighted by atomic mass is 10.0. The van der Waals surface area contributed by atoms with Crippen LogP contribution in [0.5, 0.6) is 0 Å². The summed E-state index contributed by atoms with van der Waals surface area (Å²) in [5.74, 6) is -0.956. The first-order valence-electron chi connectivity index (χ1n) is 11.2. The second kappa shape index (κ2) is 12.6. The van der Waals surface area contributed by atoms with Gasteiger partial charge in [-0.3, -0.25) is 13.9 Å². The number of hydrogen-bond acceptors (Lipinski definition) is 4. The van der Waals surface area contributed by atoms with E-state index in [2.05, 4.69) is 5.32 Å². The van der Waals surface area contributed by atoms with Crippen LogP contribution >= 0.6 is 34.8 Å². The van der Waals surface area contributed by atoms with Gasteiger partial charge >= 0.3 is 0 Å². The molecule has 0 spiro atoms. The quantitative estimate of drug-likeness (QED) is 0.372. The SMILES string of the molecule is CNC(=O)[C@H](Cc1ccccc1)N(Cc1ccc(Cl)cc1)C(=O)CN(c1ccc(Cl)c(Cl)c1)S(C)(=O)=O. The van der Waals surface area contributed by atoms with Crippen LogP contribution in [0.3, 0.4) is 0 Å². The van der Waals surface area contributed by atoms with Gasteiger partial charge in [0.1, 0.15) is 12.6 Å². The Balaban J connectivity index is 2.03. The van der Waals surface area contributed by atoms with Crippen molar-refractivity contribution in [2.75, 3.05) is 24.2 Å². The standard InChI is InChI=1S/C26H26Cl3N3O4S/c1-30-26(34)24(14-18-6-4-3-5-7-18)31(16-19-8-10-20(27)11-9-19)25(33)17-32(37(2,35)36)21-12-13-22(28)23(29)15-21/h3-13,15,24H,14,16-17H2,1-2H3,(H,30,34)/t24-/m0/s1. The zero-order valence-corrected chi connectivity index (χ0v) is 23.3. The summed E-state index contributed by atoms with van der Waals surface area (Å²) in [7, 11) is -2.41. The van der Waals surface area contributed by atoms with Gasteiger partial charge in [-0.25, -0.2) is 8.42 Å². The van der Waals surface area contributed by atoms with Gasteiger partial charge in [-0.15, -0.1) is 0 Å². The van der Waals surface area contributed by atoms with Crippen molar-refractivity contribution in [1.29, 1.82) is 0 Å². The van der Waals surface area contributed by atoms with Gasteiger partial charge in [0, 0.05) is 25.0 Å². The van der Waals surface area contributed by atoms with E-state index in [9.17, 15) is 18.0 Å². The van der Waals surface area contributed by atoms with Crippen molar-refractivity contribution in [3.8, 4) is 0 Å². The normalized spacial score (nSPS) is 12.0. The molecule has 0 heterocycles. The van der Waals surface area contributed by atoms with Crippen molar-refractivity contribution in [2.45, 2.75) is 19.0 Å². The van der Waals surface area contributed by atoms with E-state index in [4.69, 9.17) is 34.8 Å². The first-order valence-corrected chi connectivity index (χ1v) is 14.2. The molecule has 0 aromatic heterocycles. The highest BCUT2D eigenvalue weighted by molar-refractivity contribution is 7.92. The maximum atomic E-state index is 13.8. The molecular formula is C26H26Cl3N3O4S. The monoisotopic (exact) mass is 581 g/mol. The van der Waals surface area contributed by atoms with Gasteiger partial charge in [0.15, 0.2) is 0 Å². The Morgan fingerprint density at radius 3 is 2.11 bits per heavy atom. The molecule has 3 aromatic carbocycles. The van der Waals surface area contributed by atoms with E-state index in [-0.39, 0.29) is 34.6 Å². The van der Waals surface area contributed by atoms with E-state index in [1.54, 1.807) is 24.3 Å². The number of rotatable bonds is 10. The maximum absolute atomic E-state index is 13.8. The Bertz CT molecular complexity index is 1350. The highest BCUT2D eigenvalue weighted by Crippen LogP contribution is 2.29. The molecule has 0 saturated carbocycles. The van der Waals surface area contributed by atoms with Crippen molar-refractivity contribution in [1.82, 2.24) is 10.2 Å². The molecule has 2 amide bonds. The molecule has 1 atom stereocenters. The summed E-state index contributed by atoms with van der Waals surface area (Å²) in [6, 6.07) is 19.5. The van der Waals surface area contributed by atoms with Crippen molar-refractivity contribution in [3.05, 3.63) is 99.0 Å². The number of carbonyl (C=O) groups is 2. The predicted molar refractivity (Wildman–Crippen MR) is 149 cm³/mol. The summed E-state index contributed by atoms with van der Waals surface area (Å²) in [4.78, 5) is 28.2. The molecule has 0 saturated heterocycles. The molecular weight excluding hydrogens is 557 g/mol. The fourth-order valence-electron chi connectivity index (χ4n) is 3.76. The third-order valence-electron chi connectivity index (χ3n) is 5.65. The number of sulfonamides is 1. The van der Waals surface area contributed by atoms with Crippen molar-refractivity contribution in [2.24, 2.45) is 0 Å². The van der Waals surface area contributed by atoms with Crippen LogP contribution in [0.25, 0.3) is 0 Å². The molecule has 0 bridgehead atoms. The zero-order valence-electron chi connectivity index (χ0n) is 20.2. The summed E-state index contributed by atoms with van der Waals surface area (Å²) >= 11 is 18.1. The first-order chi connectivity index (χ1) is 17.5. The lowest BCUT2D eigenvalue weighted by Gasteiger charge is -2.33. The van der Waals surface area contributed by atoms with Gasteiger partial charge in [0.25, 0.3) is 0 Å². The van der Waals surface area contributed by atoms with Gasteiger partial charge in [-0.2, -0.15) is 0 Å². The maximum Gasteiger partial charge on any atom is 0.244 e. The summed E-state index contributed by atoms with van der Waals surface area (Å²) in [6.07, 6.45) is 1.22. The highest BCUT2D eigenvalue weighted by atomic mass is 35.5. The number of amides is 2. The Hall–Kier alpha value is -2.78. The Labute approximate surface area is 232 Å². The van der Waals surface area contributed by atoms with Crippen LogP contribution < -0.4 is 9.62 Å². The molecule has 0 aliphatic heterocycles. The average molecular weight is 583 g/mol. The first kappa shape index (κ1) is 28.8. The molecule has 7 nitrogen and oxygen atoms in total. The molecule has 3 aromatic rings. The number of anilines is 1. The van der Waals surface area contributed by atoms with E-state index in [1.165, 1.54) is 30.1 Å². The van der Waals surface area contributed by atoms with Crippen LogP contribution in [0.4, 0.5) is 5.69 Å². The fourth-order valence-corrected chi connectivity index (χ4v) is 5.02. The van der Waals surface area contributed by atoms with Gasteiger partial charge in [-0.05, 0) is 41.5 Å². The zero-order chi connectivity index (χ0) is 27.2. The molecule has 196 valence electrons. The van der Waals surface area contributed by atoms with E-state index >= 15 is 0 Å². The Morgan fingerprint density at radius 1 is 0.892 bits per heavy atom. The van der Waals surface area contributed by atoms with Crippen LogP contribution in [0.1, 0.15) is 11.1 Å². The van der Waals surface area contributed by atoms with Crippen molar-refractivity contribution >= 4 is 62.3 Å². The minimum atomic E-state index is -3.90. The summed E-state index contributed by atoms with van der Waals surface area (Å²) < 4.78 is 26.4. The topological polar surface area (TPSA) is 86.8 Å². The van der Waals surface area contributed by atoms with E-state index in [0.717, 1.165) is 21.7 Å².